The molecular formula is C15H26N2O3. The molecule has 0 atom stereocenters. The highest BCUT2D eigenvalue weighted by Crippen LogP contribution is 2.14. The summed E-state index contributed by atoms with van der Waals surface area (Å²) in [6.07, 6.45) is 2.85. The molecule has 0 aliphatic heterocycles. The van der Waals surface area contributed by atoms with Gasteiger partial charge in [-0.05, 0) is 18.1 Å². The highest BCUT2D eigenvalue weighted by molar-refractivity contribution is 5.25. The van der Waals surface area contributed by atoms with Crippen LogP contribution in [0.4, 0.5) is 0 Å². The first kappa shape index (κ1) is 16.9. The summed E-state index contributed by atoms with van der Waals surface area (Å²) in [6, 6.07) is 3.95. The third kappa shape index (κ3) is 6.84. The van der Waals surface area contributed by atoms with Gasteiger partial charge in [-0.3, -0.25) is 0 Å². The van der Waals surface area contributed by atoms with Gasteiger partial charge >= 0.3 is 0 Å². The van der Waals surface area contributed by atoms with Crippen molar-refractivity contribution in [2.45, 2.75) is 32.7 Å². The molecule has 0 unspecified atom stereocenters. The summed E-state index contributed by atoms with van der Waals surface area (Å²) >= 11 is 0. The molecule has 0 saturated heterocycles. The molecular weight excluding hydrogens is 256 g/mol. The minimum absolute atomic E-state index is 0.510. The van der Waals surface area contributed by atoms with Crippen molar-refractivity contribution in [1.29, 1.82) is 0 Å². The predicted molar refractivity (Wildman–Crippen MR) is 78.9 cm³/mol. The lowest BCUT2D eigenvalue weighted by atomic mass is 10.1. The maximum Gasteiger partial charge on any atom is 0.213 e. The molecule has 5 nitrogen and oxygen atoms in total. The number of aromatic nitrogens is 1. The summed E-state index contributed by atoms with van der Waals surface area (Å²) in [5.74, 6) is 0.660. The summed E-state index contributed by atoms with van der Waals surface area (Å²) in [5.41, 5.74) is 7.80. The van der Waals surface area contributed by atoms with Crippen LogP contribution in [0.15, 0.2) is 12.1 Å². The SMILES string of the molecule is CCCc1cc(CN)cc(OCCCOCCOC)n1. The molecule has 114 valence electrons. The van der Waals surface area contributed by atoms with Gasteiger partial charge in [0.15, 0.2) is 0 Å². The highest BCUT2D eigenvalue weighted by atomic mass is 16.5. The highest BCUT2D eigenvalue weighted by Gasteiger charge is 2.03. The molecule has 1 rings (SSSR count). The van der Waals surface area contributed by atoms with Crippen LogP contribution < -0.4 is 10.5 Å². The molecule has 1 aromatic rings. The van der Waals surface area contributed by atoms with E-state index in [0.29, 0.717) is 38.9 Å². The van der Waals surface area contributed by atoms with Crippen molar-refractivity contribution in [2.75, 3.05) is 33.5 Å². The van der Waals surface area contributed by atoms with Crippen LogP contribution in [-0.4, -0.2) is 38.5 Å². The Balaban J connectivity index is 2.33. The lowest BCUT2D eigenvalue weighted by Gasteiger charge is -2.09. The van der Waals surface area contributed by atoms with E-state index < -0.39 is 0 Å². The van der Waals surface area contributed by atoms with E-state index in [0.717, 1.165) is 30.5 Å². The molecule has 0 bridgehead atoms. The third-order valence-corrected chi connectivity index (χ3v) is 2.77. The number of methoxy groups -OCH3 is 1. The van der Waals surface area contributed by atoms with Crippen molar-refractivity contribution in [3.63, 3.8) is 0 Å². The van der Waals surface area contributed by atoms with Crippen LogP contribution in [0, 0.1) is 0 Å². The largest absolute Gasteiger partial charge is 0.478 e. The van der Waals surface area contributed by atoms with E-state index in [-0.39, 0.29) is 0 Å². The van der Waals surface area contributed by atoms with E-state index in [2.05, 4.69) is 11.9 Å². The molecule has 0 aliphatic rings. The Labute approximate surface area is 121 Å². The Morgan fingerprint density at radius 3 is 2.70 bits per heavy atom. The van der Waals surface area contributed by atoms with Gasteiger partial charge in [-0.25, -0.2) is 4.98 Å². The summed E-state index contributed by atoms with van der Waals surface area (Å²) in [4.78, 5) is 4.48. The van der Waals surface area contributed by atoms with Crippen LogP contribution in [0.5, 0.6) is 5.88 Å². The Morgan fingerprint density at radius 2 is 2.00 bits per heavy atom. The Kier molecular flexibility index (Phi) is 8.95. The maximum atomic E-state index is 5.69. The van der Waals surface area contributed by atoms with Crippen molar-refractivity contribution < 1.29 is 14.2 Å². The van der Waals surface area contributed by atoms with Gasteiger partial charge in [0, 0.05) is 38.4 Å². The third-order valence-electron chi connectivity index (χ3n) is 2.77. The summed E-state index contributed by atoms with van der Waals surface area (Å²) in [6.45, 7) is 5.16. The maximum absolute atomic E-state index is 5.69. The number of aryl methyl sites for hydroxylation is 1. The van der Waals surface area contributed by atoms with Gasteiger partial charge in [-0.15, -0.1) is 0 Å². The molecule has 0 fully saturated rings. The van der Waals surface area contributed by atoms with Crippen molar-refractivity contribution in [2.24, 2.45) is 5.73 Å². The van der Waals surface area contributed by atoms with Crippen LogP contribution in [-0.2, 0) is 22.4 Å². The average molecular weight is 282 g/mol. The quantitative estimate of drug-likeness (QED) is 0.628. The van der Waals surface area contributed by atoms with Gasteiger partial charge in [-0.2, -0.15) is 0 Å². The van der Waals surface area contributed by atoms with Crippen LogP contribution in [0.1, 0.15) is 31.0 Å². The number of pyridine rings is 1. The topological polar surface area (TPSA) is 66.6 Å². The number of hydrogen-bond donors (Lipinski definition) is 1. The van der Waals surface area contributed by atoms with Gasteiger partial charge in [0.25, 0.3) is 0 Å². The number of hydrogen-bond acceptors (Lipinski definition) is 5. The van der Waals surface area contributed by atoms with Crippen molar-refractivity contribution in [3.05, 3.63) is 23.4 Å². The molecule has 1 aromatic heterocycles. The zero-order chi connectivity index (χ0) is 14.6. The second-order valence-electron chi connectivity index (χ2n) is 4.57. The van der Waals surface area contributed by atoms with E-state index in [4.69, 9.17) is 19.9 Å². The average Bonchev–Trinajstić information content (AvgIpc) is 2.46. The van der Waals surface area contributed by atoms with Gasteiger partial charge in [0.2, 0.25) is 5.88 Å². The van der Waals surface area contributed by atoms with E-state index in [1.54, 1.807) is 7.11 Å². The van der Waals surface area contributed by atoms with E-state index in [1.807, 2.05) is 12.1 Å². The van der Waals surface area contributed by atoms with Crippen LogP contribution in [0.2, 0.25) is 0 Å². The fourth-order valence-corrected chi connectivity index (χ4v) is 1.78. The fraction of sp³-hybridized carbons (Fsp3) is 0.667. The molecule has 0 aromatic carbocycles. The Bertz CT molecular complexity index is 372. The molecule has 0 spiro atoms. The first-order valence-corrected chi connectivity index (χ1v) is 7.19. The van der Waals surface area contributed by atoms with Crippen molar-refractivity contribution in [3.8, 4) is 5.88 Å². The first-order chi connectivity index (χ1) is 9.80. The summed E-state index contributed by atoms with van der Waals surface area (Å²) < 4.78 is 15.9. The molecule has 0 saturated carbocycles. The van der Waals surface area contributed by atoms with Gasteiger partial charge in [0.05, 0.1) is 19.8 Å². The molecule has 0 amide bonds. The number of nitrogens with zero attached hydrogens (tertiary/aromatic N) is 1. The van der Waals surface area contributed by atoms with E-state index in [9.17, 15) is 0 Å². The first-order valence-electron chi connectivity index (χ1n) is 7.19. The van der Waals surface area contributed by atoms with Crippen molar-refractivity contribution in [1.82, 2.24) is 4.98 Å². The van der Waals surface area contributed by atoms with E-state index >= 15 is 0 Å². The summed E-state index contributed by atoms with van der Waals surface area (Å²) in [5, 5.41) is 0. The minimum atomic E-state index is 0.510. The van der Waals surface area contributed by atoms with Gasteiger partial charge in [-0.1, -0.05) is 13.3 Å². The minimum Gasteiger partial charge on any atom is -0.478 e. The molecule has 0 radical (unpaired) electrons. The molecule has 0 aliphatic carbocycles. The molecule has 20 heavy (non-hydrogen) atoms. The van der Waals surface area contributed by atoms with Gasteiger partial charge in [0.1, 0.15) is 0 Å². The van der Waals surface area contributed by atoms with Crippen molar-refractivity contribution >= 4 is 0 Å². The van der Waals surface area contributed by atoms with Gasteiger partial charge < -0.3 is 19.9 Å². The zero-order valence-electron chi connectivity index (χ0n) is 12.6. The molecule has 2 N–H and O–H groups in total. The smallest absolute Gasteiger partial charge is 0.213 e. The van der Waals surface area contributed by atoms with E-state index in [1.165, 1.54) is 0 Å². The molecule has 1 heterocycles. The fourth-order valence-electron chi connectivity index (χ4n) is 1.78. The second kappa shape index (κ2) is 10.6. The lowest BCUT2D eigenvalue weighted by molar-refractivity contribution is 0.0642. The number of rotatable bonds is 11. The monoisotopic (exact) mass is 282 g/mol. The predicted octanol–water partition coefficient (Wildman–Crippen LogP) is 1.92. The second-order valence-corrected chi connectivity index (χ2v) is 4.57. The standard InChI is InChI=1S/C15H26N2O3/c1-3-5-14-10-13(12-16)11-15(17-14)20-7-4-6-19-9-8-18-2/h10-11H,3-9,12,16H2,1-2H3. The van der Waals surface area contributed by atoms with Crippen LogP contribution in [0.3, 0.4) is 0 Å². The Morgan fingerprint density at radius 1 is 1.15 bits per heavy atom. The molecule has 5 heteroatoms. The Hall–Kier alpha value is -1.17. The van der Waals surface area contributed by atoms with Crippen LogP contribution in [0.25, 0.3) is 0 Å². The number of nitrogens with two attached hydrogens (primary N) is 1. The summed E-state index contributed by atoms with van der Waals surface area (Å²) in [7, 11) is 1.66. The zero-order valence-corrected chi connectivity index (χ0v) is 12.6. The number of ether oxygens (including phenoxy) is 3. The van der Waals surface area contributed by atoms with Crippen LogP contribution >= 0.6 is 0 Å². The lowest BCUT2D eigenvalue weighted by Crippen LogP contribution is -2.08. The normalized spacial score (nSPS) is 10.8.